The lowest BCUT2D eigenvalue weighted by Gasteiger charge is -2.22. The third kappa shape index (κ3) is 3.28. The van der Waals surface area contributed by atoms with Gasteiger partial charge in [-0.05, 0) is 38.3 Å². The molecule has 1 unspecified atom stereocenters. The quantitative estimate of drug-likeness (QED) is 0.749. The van der Waals surface area contributed by atoms with Crippen LogP contribution in [0.25, 0.3) is 0 Å². The highest BCUT2D eigenvalue weighted by molar-refractivity contribution is 4.80. The number of rotatable bonds is 5. The lowest BCUT2D eigenvalue weighted by Crippen LogP contribution is -2.30. The standard InChI is InChI=1S/C11H20N4O/c1-15-9-13-14-11(15)8-16-6-4-10-3-2-5-12-7-10/h9-10,12H,2-8H2,1H3. The first-order chi connectivity index (χ1) is 7.86. The topological polar surface area (TPSA) is 52.0 Å². The van der Waals surface area contributed by atoms with Crippen LogP contribution >= 0.6 is 0 Å². The maximum absolute atomic E-state index is 5.61. The predicted molar refractivity (Wildman–Crippen MR) is 60.9 cm³/mol. The van der Waals surface area contributed by atoms with E-state index in [1.165, 1.54) is 19.4 Å². The summed E-state index contributed by atoms with van der Waals surface area (Å²) < 4.78 is 7.50. The van der Waals surface area contributed by atoms with Crippen molar-refractivity contribution >= 4 is 0 Å². The Morgan fingerprint density at radius 3 is 3.25 bits per heavy atom. The summed E-state index contributed by atoms with van der Waals surface area (Å²) in [6, 6.07) is 0. The molecule has 1 N–H and O–H groups in total. The third-order valence-electron chi connectivity index (χ3n) is 3.11. The van der Waals surface area contributed by atoms with Crippen LogP contribution in [0.1, 0.15) is 25.1 Å². The predicted octanol–water partition coefficient (Wildman–Crippen LogP) is 0.721. The molecule has 2 heterocycles. The van der Waals surface area contributed by atoms with Crippen LogP contribution in [0.15, 0.2) is 6.33 Å². The molecule has 5 nitrogen and oxygen atoms in total. The second kappa shape index (κ2) is 5.96. The minimum absolute atomic E-state index is 0.566. The van der Waals surface area contributed by atoms with Crippen LogP contribution in [-0.4, -0.2) is 34.5 Å². The molecule has 0 aliphatic carbocycles. The number of nitrogens with one attached hydrogen (secondary N) is 1. The highest BCUT2D eigenvalue weighted by atomic mass is 16.5. The van der Waals surface area contributed by atoms with Gasteiger partial charge < -0.3 is 14.6 Å². The SMILES string of the molecule is Cn1cnnc1COCCC1CCCNC1. The van der Waals surface area contributed by atoms with Gasteiger partial charge in [0, 0.05) is 13.7 Å². The van der Waals surface area contributed by atoms with Crippen molar-refractivity contribution in [2.24, 2.45) is 13.0 Å². The van der Waals surface area contributed by atoms with Gasteiger partial charge in [-0.1, -0.05) is 0 Å². The first-order valence-corrected chi connectivity index (χ1v) is 5.97. The van der Waals surface area contributed by atoms with Crippen molar-refractivity contribution in [2.45, 2.75) is 25.9 Å². The number of aromatic nitrogens is 3. The number of ether oxygens (including phenoxy) is 1. The molecule has 1 aromatic heterocycles. The molecular weight excluding hydrogens is 204 g/mol. The lowest BCUT2D eigenvalue weighted by molar-refractivity contribution is 0.0969. The van der Waals surface area contributed by atoms with Gasteiger partial charge in [0.05, 0.1) is 0 Å². The lowest BCUT2D eigenvalue weighted by atomic mass is 9.97. The van der Waals surface area contributed by atoms with Gasteiger partial charge in [-0.15, -0.1) is 10.2 Å². The van der Waals surface area contributed by atoms with Crippen LogP contribution in [0.2, 0.25) is 0 Å². The molecular formula is C11H20N4O. The van der Waals surface area contributed by atoms with Crippen molar-refractivity contribution in [1.29, 1.82) is 0 Å². The van der Waals surface area contributed by atoms with Crippen molar-refractivity contribution in [3.05, 3.63) is 12.2 Å². The summed E-state index contributed by atoms with van der Waals surface area (Å²) in [6.07, 6.45) is 5.48. The Balaban J connectivity index is 1.59. The summed E-state index contributed by atoms with van der Waals surface area (Å²) in [4.78, 5) is 0. The maximum Gasteiger partial charge on any atom is 0.158 e. The van der Waals surface area contributed by atoms with E-state index in [-0.39, 0.29) is 0 Å². The van der Waals surface area contributed by atoms with Crippen molar-refractivity contribution < 1.29 is 4.74 Å². The van der Waals surface area contributed by atoms with Crippen LogP contribution in [0.3, 0.4) is 0 Å². The van der Waals surface area contributed by atoms with Gasteiger partial charge in [-0.3, -0.25) is 0 Å². The summed E-state index contributed by atoms with van der Waals surface area (Å²) in [5.41, 5.74) is 0. The van der Waals surface area contributed by atoms with E-state index in [4.69, 9.17) is 4.74 Å². The average molecular weight is 224 g/mol. The molecule has 1 saturated heterocycles. The first-order valence-electron chi connectivity index (χ1n) is 5.97. The highest BCUT2D eigenvalue weighted by Crippen LogP contribution is 2.13. The van der Waals surface area contributed by atoms with Crippen molar-refractivity contribution in [1.82, 2.24) is 20.1 Å². The van der Waals surface area contributed by atoms with E-state index < -0.39 is 0 Å². The molecule has 1 aromatic rings. The summed E-state index contributed by atoms with van der Waals surface area (Å²) >= 11 is 0. The van der Waals surface area contributed by atoms with Gasteiger partial charge in [-0.2, -0.15) is 0 Å². The Morgan fingerprint density at radius 2 is 2.56 bits per heavy atom. The van der Waals surface area contributed by atoms with E-state index in [1.54, 1.807) is 6.33 Å². The van der Waals surface area contributed by atoms with Crippen LogP contribution in [-0.2, 0) is 18.4 Å². The molecule has 2 rings (SSSR count). The van der Waals surface area contributed by atoms with Gasteiger partial charge in [-0.25, -0.2) is 0 Å². The Morgan fingerprint density at radius 1 is 1.62 bits per heavy atom. The van der Waals surface area contributed by atoms with Crippen LogP contribution < -0.4 is 5.32 Å². The molecule has 1 aliphatic heterocycles. The zero-order valence-electron chi connectivity index (χ0n) is 9.85. The first kappa shape index (κ1) is 11.5. The Bertz CT molecular complexity index is 307. The summed E-state index contributed by atoms with van der Waals surface area (Å²) in [6.45, 7) is 3.71. The van der Waals surface area contributed by atoms with Crippen molar-refractivity contribution in [3.63, 3.8) is 0 Å². The molecule has 90 valence electrons. The molecule has 0 aromatic carbocycles. The smallest absolute Gasteiger partial charge is 0.158 e. The fourth-order valence-electron chi connectivity index (χ4n) is 2.02. The number of hydrogen-bond donors (Lipinski definition) is 1. The summed E-state index contributed by atoms with van der Waals surface area (Å²) in [7, 11) is 1.93. The highest BCUT2D eigenvalue weighted by Gasteiger charge is 2.12. The largest absolute Gasteiger partial charge is 0.373 e. The monoisotopic (exact) mass is 224 g/mol. The van der Waals surface area contributed by atoms with Gasteiger partial charge in [0.2, 0.25) is 0 Å². The van der Waals surface area contributed by atoms with E-state index in [1.807, 2.05) is 11.6 Å². The van der Waals surface area contributed by atoms with Gasteiger partial charge in [0.15, 0.2) is 5.82 Å². The van der Waals surface area contributed by atoms with Gasteiger partial charge in [0.1, 0.15) is 12.9 Å². The second-order valence-corrected chi connectivity index (χ2v) is 4.41. The van der Waals surface area contributed by atoms with E-state index in [0.717, 1.165) is 31.3 Å². The molecule has 1 fully saturated rings. The van der Waals surface area contributed by atoms with Crippen LogP contribution in [0.4, 0.5) is 0 Å². The van der Waals surface area contributed by atoms with E-state index in [2.05, 4.69) is 15.5 Å². The fourth-order valence-corrected chi connectivity index (χ4v) is 2.02. The maximum atomic E-state index is 5.61. The molecule has 1 atom stereocenters. The molecule has 0 spiro atoms. The third-order valence-corrected chi connectivity index (χ3v) is 3.11. The normalized spacial score (nSPS) is 21.2. The summed E-state index contributed by atoms with van der Waals surface area (Å²) in [5.74, 6) is 1.68. The molecule has 0 bridgehead atoms. The van der Waals surface area contributed by atoms with Gasteiger partial charge in [0.25, 0.3) is 0 Å². The van der Waals surface area contributed by atoms with E-state index in [9.17, 15) is 0 Å². The molecule has 1 aliphatic rings. The Labute approximate surface area is 96.2 Å². The molecule has 0 amide bonds. The average Bonchev–Trinajstić information content (AvgIpc) is 2.72. The number of aryl methyl sites for hydroxylation is 1. The van der Waals surface area contributed by atoms with Crippen molar-refractivity contribution in [2.75, 3.05) is 19.7 Å². The molecule has 0 saturated carbocycles. The zero-order valence-corrected chi connectivity index (χ0v) is 9.85. The Hall–Kier alpha value is -0.940. The second-order valence-electron chi connectivity index (χ2n) is 4.41. The minimum atomic E-state index is 0.566. The number of piperidine rings is 1. The number of nitrogens with zero attached hydrogens (tertiary/aromatic N) is 3. The zero-order chi connectivity index (χ0) is 11.2. The number of hydrogen-bond acceptors (Lipinski definition) is 4. The Kier molecular flexibility index (Phi) is 4.30. The van der Waals surface area contributed by atoms with Crippen LogP contribution in [0, 0.1) is 5.92 Å². The molecule has 0 radical (unpaired) electrons. The molecule has 16 heavy (non-hydrogen) atoms. The summed E-state index contributed by atoms with van der Waals surface area (Å²) in [5, 5.41) is 11.2. The fraction of sp³-hybridized carbons (Fsp3) is 0.818. The van der Waals surface area contributed by atoms with E-state index in [0.29, 0.717) is 6.61 Å². The van der Waals surface area contributed by atoms with Crippen LogP contribution in [0.5, 0.6) is 0 Å². The molecule has 5 heteroatoms. The van der Waals surface area contributed by atoms with Gasteiger partial charge >= 0.3 is 0 Å². The minimum Gasteiger partial charge on any atom is -0.373 e. The van der Waals surface area contributed by atoms with Crippen molar-refractivity contribution in [3.8, 4) is 0 Å². The van der Waals surface area contributed by atoms with E-state index >= 15 is 0 Å².